The summed E-state index contributed by atoms with van der Waals surface area (Å²) in [6.45, 7) is 4.03. The van der Waals surface area contributed by atoms with Crippen LogP contribution in [0.25, 0.3) is 22.2 Å². The fourth-order valence-electron chi connectivity index (χ4n) is 5.73. The van der Waals surface area contributed by atoms with Crippen molar-refractivity contribution < 1.29 is 24.5 Å². The third kappa shape index (κ3) is 6.75. The van der Waals surface area contributed by atoms with Gasteiger partial charge in [0.05, 0.1) is 36.4 Å². The molecule has 0 amide bonds. The van der Waals surface area contributed by atoms with E-state index in [9.17, 15) is 9.90 Å². The van der Waals surface area contributed by atoms with Crippen LogP contribution in [0.5, 0.6) is 11.5 Å². The van der Waals surface area contributed by atoms with Crippen LogP contribution in [-0.4, -0.2) is 71.7 Å². The Morgan fingerprint density at radius 3 is 2.07 bits per heavy atom. The summed E-state index contributed by atoms with van der Waals surface area (Å²) >= 11 is 0. The van der Waals surface area contributed by atoms with Gasteiger partial charge < -0.3 is 35.6 Å². The molecule has 1 aliphatic carbocycles. The molecule has 46 heavy (non-hydrogen) atoms. The summed E-state index contributed by atoms with van der Waals surface area (Å²) < 4.78 is 14.7. The molecule has 1 aliphatic rings. The Balaban J connectivity index is 1.44. The Morgan fingerprint density at radius 2 is 1.37 bits per heavy atom. The van der Waals surface area contributed by atoms with E-state index >= 15 is 0 Å². The molecule has 0 fully saturated rings. The second kappa shape index (κ2) is 15.0. The molecule has 0 spiro atoms. The highest BCUT2D eigenvalue weighted by molar-refractivity contribution is 6.29. The number of hydrogen-bond donors (Lipinski definition) is 5. The van der Waals surface area contributed by atoms with Gasteiger partial charge in [-0.25, -0.2) is 0 Å². The van der Waals surface area contributed by atoms with E-state index in [1.807, 2.05) is 89.6 Å². The first-order valence-electron chi connectivity index (χ1n) is 15.7. The largest absolute Gasteiger partial charge is 0.485 e. The molecule has 10 nitrogen and oxygen atoms in total. The Labute approximate surface area is 268 Å². The lowest BCUT2D eigenvalue weighted by Crippen LogP contribution is -2.25. The lowest BCUT2D eigenvalue weighted by atomic mass is 9.85. The summed E-state index contributed by atoms with van der Waals surface area (Å²) in [6.07, 6.45) is 0. The van der Waals surface area contributed by atoms with Gasteiger partial charge >= 0.3 is 0 Å². The van der Waals surface area contributed by atoms with E-state index in [4.69, 9.17) is 19.7 Å². The summed E-state index contributed by atoms with van der Waals surface area (Å²) in [7, 11) is 0. The van der Waals surface area contributed by atoms with Gasteiger partial charge in [-0.15, -0.1) is 0 Å². The van der Waals surface area contributed by atoms with E-state index in [2.05, 4.69) is 16.0 Å². The highest BCUT2D eigenvalue weighted by Gasteiger charge is 2.35. The molecule has 238 valence electrons. The van der Waals surface area contributed by atoms with Crippen LogP contribution >= 0.6 is 0 Å². The number of fused-ring (bicyclic) bond motifs is 2. The molecule has 1 heterocycles. The maximum Gasteiger partial charge on any atom is 0.200 e. The van der Waals surface area contributed by atoms with Gasteiger partial charge in [-0.05, 0) is 35.4 Å². The zero-order chi connectivity index (χ0) is 31.7. The topological polar surface area (TPSA) is 130 Å². The molecule has 0 bridgehead atoms. The van der Waals surface area contributed by atoms with Crippen LogP contribution < -0.4 is 25.4 Å². The van der Waals surface area contributed by atoms with Gasteiger partial charge in [0.25, 0.3) is 0 Å². The van der Waals surface area contributed by atoms with Crippen LogP contribution in [-0.2, 0) is 19.8 Å². The van der Waals surface area contributed by atoms with Gasteiger partial charge in [-0.1, -0.05) is 60.7 Å². The molecule has 0 saturated carbocycles. The van der Waals surface area contributed by atoms with Crippen molar-refractivity contribution >= 4 is 22.4 Å². The normalized spacial score (nSPS) is 11.9. The number of ketones is 1. The molecule has 4 aromatic carbocycles. The molecule has 1 aromatic heterocycles. The van der Waals surface area contributed by atoms with Gasteiger partial charge in [0, 0.05) is 49.4 Å². The van der Waals surface area contributed by atoms with Crippen LogP contribution in [0, 0.1) is 0 Å². The van der Waals surface area contributed by atoms with Crippen molar-refractivity contribution in [3.63, 3.8) is 0 Å². The Morgan fingerprint density at radius 1 is 0.696 bits per heavy atom. The minimum absolute atomic E-state index is 0.0553. The highest BCUT2D eigenvalue weighted by Crippen LogP contribution is 2.48. The van der Waals surface area contributed by atoms with Crippen molar-refractivity contribution in [1.82, 2.24) is 20.4 Å². The molecule has 0 saturated heterocycles. The Hall–Kier alpha value is -4.74. The number of carbonyl (C=O) groups is 1. The average Bonchev–Trinajstić information content (AvgIpc) is 3.46. The molecule has 0 unspecified atom stereocenters. The SMILES string of the molecule is O=C1c2c(ccc(OCc3ccccc3)c2OCc2ccccc2)-c2nn(CCNCCO)c3ccc(NCCNCCO)c1c23. The Bertz CT molecular complexity index is 1770. The molecular formula is C36H39N5O5. The summed E-state index contributed by atoms with van der Waals surface area (Å²) in [5.74, 6) is 0.711. The first-order chi connectivity index (χ1) is 22.7. The number of benzene rings is 4. The molecule has 10 heteroatoms. The van der Waals surface area contributed by atoms with Gasteiger partial charge in [0.1, 0.15) is 18.9 Å². The molecule has 6 rings (SSSR count). The number of aliphatic hydroxyl groups excluding tert-OH is 2. The van der Waals surface area contributed by atoms with Gasteiger partial charge in [-0.2, -0.15) is 5.10 Å². The molecule has 5 aromatic rings. The zero-order valence-corrected chi connectivity index (χ0v) is 25.7. The quantitative estimate of drug-likeness (QED) is 0.0961. The summed E-state index contributed by atoms with van der Waals surface area (Å²) in [6, 6.07) is 27.4. The molecular weight excluding hydrogens is 582 g/mol. The highest BCUT2D eigenvalue weighted by atomic mass is 16.5. The average molecular weight is 622 g/mol. The van der Waals surface area contributed by atoms with Gasteiger partial charge in [0.2, 0.25) is 0 Å². The van der Waals surface area contributed by atoms with E-state index in [1.165, 1.54) is 0 Å². The van der Waals surface area contributed by atoms with E-state index < -0.39 is 0 Å². The summed E-state index contributed by atoms with van der Waals surface area (Å²) in [4.78, 5) is 14.7. The smallest absolute Gasteiger partial charge is 0.200 e. The number of aliphatic hydroxyl groups is 2. The van der Waals surface area contributed by atoms with Crippen molar-refractivity contribution in [2.45, 2.75) is 19.8 Å². The second-order valence-corrected chi connectivity index (χ2v) is 11.0. The van der Waals surface area contributed by atoms with Crippen LogP contribution in [0.4, 0.5) is 5.69 Å². The van der Waals surface area contributed by atoms with Crippen LogP contribution in [0.3, 0.4) is 0 Å². The molecule has 0 atom stereocenters. The third-order valence-corrected chi connectivity index (χ3v) is 7.91. The third-order valence-electron chi connectivity index (χ3n) is 7.91. The number of aromatic nitrogens is 2. The van der Waals surface area contributed by atoms with Crippen LogP contribution in [0.15, 0.2) is 84.9 Å². The number of nitrogens with zero attached hydrogens (tertiary/aromatic N) is 2. The van der Waals surface area contributed by atoms with Gasteiger partial charge in [0.15, 0.2) is 17.3 Å². The predicted octanol–water partition coefficient (Wildman–Crippen LogP) is 3.98. The number of ether oxygens (including phenoxy) is 2. The minimum Gasteiger partial charge on any atom is -0.485 e. The van der Waals surface area contributed by atoms with Crippen LogP contribution in [0.2, 0.25) is 0 Å². The van der Waals surface area contributed by atoms with E-state index in [0.717, 1.165) is 22.0 Å². The maximum atomic E-state index is 14.7. The van der Waals surface area contributed by atoms with Crippen molar-refractivity contribution in [2.75, 3.05) is 51.3 Å². The first kappa shape index (κ1) is 31.3. The first-order valence-corrected chi connectivity index (χ1v) is 15.7. The lowest BCUT2D eigenvalue weighted by molar-refractivity contribution is 0.103. The number of carbonyl (C=O) groups excluding carboxylic acids is 1. The number of anilines is 1. The van der Waals surface area contributed by atoms with E-state index in [-0.39, 0.29) is 25.6 Å². The number of nitrogens with one attached hydrogen (secondary N) is 3. The van der Waals surface area contributed by atoms with Crippen molar-refractivity contribution in [3.8, 4) is 22.8 Å². The standard InChI is InChI=1S/C36H39N5O5/c42-21-18-37-15-16-39-28-12-13-29-33-32(28)35(44)31-27(34(33)40-41(29)20-17-38-19-22-43)11-14-30(45-23-25-7-3-1-4-8-25)36(31)46-24-26-9-5-2-6-10-26/h1-14,37-39,42-43H,15-24H2. The zero-order valence-electron chi connectivity index (χ0n) is 25.7. The number of hydrogen-bond acceptors (Lipinski definition) is 9. The van der Waals surface area contributed by atoms with Crippen LogP contribution in [0.1, 0.15) is 27.0 Å². The Kier molecular flexibility index (Phi) is 10.2. The van der Waals surface area contributed by atoms with E-state index in [0.29, 0.717) is 85.4 Å². The molecule has 0 radical (unpaired) electrons. The lowest BCUT2D eigenvalue weighted by Gasteiger charge is -2.23. The minimum atomic E-state index is -0.162. The fraction of sp³-hybridized carbons (Fsp3) is 0.278. The maximum absolute atomic E-state index is 14.7. The van der Waals surface area contributed by atoms with Crippen molar-refractivity contribution in [3.05, 3.63) is 107 Å². The monoisotopic (exact) mass is 621 g/mol. The van der Waals surface area contributed by atoms with Crippen molar-refractivity contribution in [2.24, 2.45) is 0 Å². The van der Waals surface area contributed by atoms with Gasteiger partial charge in [-0.3, -0.25) is 9.48 Å². The molecule has 0 aliphatic heterocycles. The molecule has 5 N–H and O–H groups in total. The fourth-order valence-corrected chi connectivity index (χ4v) is 5.73. The predicted molar refractivity (Wildman–Crippen MR) is 179 cm³/mol. The van der Waals surface area contributed by atoms with E-state index in [1.54, 1.807) is 0 Å². The van der Waals surface area contributed by atoms with Crippen molar-refractivity contribution in [1.29, 1.82) is 0 Å². The summed E-state index contributed by atoms with van der Waals surface area (Å²) in [5.41, 5.74) is 5.91. The number of rotatable bonds is 17. The second-order valence-electron chi connectivity index (χ2n) is 11.0. The summed E-state index contributed by atoms with van der Waals surface area (Å²) in [5, 5.41) is 34.0.